The number of carbonyl (C=O) groups is 1. The summed E-state index contributed by atoms with van der Waals surface area (Å²) in [4.78, 5) is 11.6. The maximum Gasteiger partial charge on any atom is 0.224 e. The second-order valence-electron chi connectivity index (χ2n) is 5.91. The predicted molar refractivity (Wildman–Crippen MR) is 89.8 cm³/mol. The molecular weight excluding hydrogens is 272 g/mol. The first-order chi connectivity index (χ1) is 10.7. The average Bonchev–Trinajstić information content (AvgIpc) is 2.54. The first kappa shape index (κ1) is 14.8. The van der Waals surface area contributed by atoms with Crippen molar-refractivity contribution in [3.05, 3.63) is 64.7 Å². The van der Waals surface area contributed by atoms with Crippen molar-refractivity contribution in [2.24, 2.45) is 5.73 Å². The largest absolute Gasteiger partial charge is 0.326 e. The summed E-state index contributed by atoms with van der Waals surface area (Å²) in [5, 5.41) is 3.02. The van der Waals surface area contributed by atoms with Crippen LogP contribution in [-0.2, 0) is 24.1 Å². The van der Waals surface area contributed by atoms with E-state index in [4.69, 9.17) is 5.73 Å². The topological polar surface area (TPSA) is 55.1 Å². The zero-order valence-electron chi connectivity index (χ0n) is 12.9. The lowest BCUT2D eigenvalue weighted by Crippen LogP contribution is -2.22. The van der Waals surface area contributed by atoms with Gasteiger partial charge in [0, 0.05) is 18.2 Å². The lowest BCUT2D eigenvalue weighted by atomic mass is 9.91. The standard InChI is InChI=1S/C19H22N2O/c1-2-14-11-16(12-15-8-9-18(22)21-19(14)15)17(20)10-13-6-4-3-5-7-13/h3-7,11-12,17H,2,8-10,20H2,1H3,(H,21,22). The van der Waals surface area contributed by atoms with E-state index < -0.39 is 0 Å². The second kappa shape index (κ2) is 6.32. The van der Waals surface area contributed by atoms with Crippen molar-refractivity contribution in [3.8, 4) is 0 Å². The number of benzene rings is 2. The minimum absolute atomic E-state index is 0.0179. The summed E-state index contributed by atoms with van der Waals surface area (Å²) in [7, 11) is 0. The molecule has 0 spiro atoms. The Morgan fingerprint density at radius 3 is 2.68 bits per heavy atom. The molecule has 2 aromatic carbocycles. The van der Waals surface area contributed by atoms with Gasteiger partial charge in [-0.15, -0.1) is 0 Å². The van der Waals surface area contributed by atoms with Gasteiger partial charge in [-0.2, -0.15) is 0 Å². The average molecular weight is 294 g/mol. The van der Waals surface area contributed by atoms with Crippen LogP contribution in [0.1, 0.15) is 41.6 Å². The third-order valence-corrected chi connectivity index (χ3v) is 4.32. The Hall–Kier alpha value is -2.13. The van der Waals surface area contributed by atoms with Gasteiger partial charge in [0.25, 0.3) is 0 Å². The van der Waals surface area contributed by atoms with Crippen LogP contribution in [0.3, 0.4) is 0 Å². The molecule has 1 unspecified atom stereocenters. The van der Waals surface area contributed by atoms with Crippen LogP contribution in [0, 0.1) is 0 Å². The fourth-order valence-electron chi connectivity index (χ4n) is 3.08. The number of carbonyl (C=O) groups excluding carboxylic acids is 1. The molecule has 1 aliphatic heterocycles. The number of fused-ring (bicyclic) bond motifs is 1. The van der Waals surface area contributed by atoms with Crippen molar-refractivity contribution in [1.29, 1.82) is 0 Å². The molecular formula is C19H22N2O. The van der Waals surface area contributed by atoms with Crippen LogP contribution >= 0.6 is 0 Å². The molecule has 3 heteroatoms. The summed E-state index contributed by atoms with van der Waals surface area (Å²) in [6, 6.07) is 14.6. The summed E-state index contributed by atoms with van der Waals surface area (Å²) < 4.78 is 0. The van der Waals surface area contributed by atoms with Crippen molar-refractivity contribution in [2.75, 3.05) is 5.32 Å². The first-order valence-corrected chi connectivity index (χ1v) is 7.92. The van der Waals surface area contributed by atoms with Gasteiger partial charge in [-0.3, -0.25) is 4.79 Å². The Bertz CT molecular complexity index is 662. The molecule has 1 atom stereocenters. The monoisotopic (exact) mass is 294 g/mol. The van der Waals surface area contributed by atoms with Crippen molar-refractivity contribution in [3.63, 3.8) is 0 Å². The molecule has 2 aromatic rings. The van der Waals surface area contributed by atoms with Gasteiger partial charge in [0.15, 0.2) is 0 Å². The molecule has 1 amide bonds. The van der Waals surface area contributed by atoms with Gasteiger partial charge in [0.2, 0.25) is 5.91 Å². The molecule has 0 aliphatic carbocycles. The highest BCUT2D eigenvalue weighted by Crippen LogP contribution is 2.31. The Labute approximate surface area is 131 Å². The zero-order valence-corrected chi connectivity index (χ0v) is 12.9. The third-order valence-electron chi connectivity index (χ3n) is 4.32. The third kappa shape index (κ3) is 3.04. The number of hydrogen-bond donors (Lipinski definition) is 2. The van der Waals surface area contributed by atoms with E-state index in [2.05, 4.69) is 36.5 Å². The summed E-state index contributed by atoms with van der Waals surface area (Å²) in [5.41, 5.74) is 12.2. The Morgan fingerprint density at radius 1 is 1.18 bits per heavy atom. The smallest absolute Gasteiger partial charge is 0.224 e. The minimum atomic E-state index is -0.0179. The highest BCUT2D eigenvalue weighted by atomic mass is 16.1. The summed E-state index contributed by atoms with van der Waals surface area (Å²) >= 11 is 0. The van der Waals surface area contributed by atoms with Crippen LogP contribution in [0.2, 0.25) is 0 Å². The van der Waals surface area contributed by atoms with Crippen LogP contribution in [0.4, 0.5) is 5.69 Å². The van der Waals surface area contributed by atoms with Gasteiger partial charge in [-0.25, -0.2) is 0 Å². The molecule has 0 fully saturated rings. The van der Waals surface area contributed by atoms with Gasteiger partial charge in [0.1, 0.15) is 0 Å². The van der Waals surface area contributed by atoms with Gasteiger partial charge in [0.05, 0.1) is 0 Å². The number of anilines is 1. The first-order valence-electron chi connectivity index (χ1n) is 7.92. The van der Waals surface area contributed by atoms with E-state index in [1.54, 1.807) is 0 Å². The number of nitrogens with one attached hydrogen (secondary N) is 1. The molecule has 114 valence electrons. The summed E-state index contributed by atoms with van der Waals surface area (Å²) in [5.74, 6) is 0.114. The van der Waals surface area contributed by atoms with Crippen LogP contribution in [0.15, 0.2) is 42.5 Å². The highest BCUT2D eigenvalue weighted by molar-refractivity contribution is 5.95. The molecule has 0 radical (unpaired) electrons. The van der Waals surface area contributed by atoms with Gasteiger partial charge < -0.3 is 11.1 Å². The number of hydrogen-bond acceptors (Lipinski definition) is 2. The molecule has 3 nitrogen and oxygen atoms in total. The van der Waals surface area contributed by atoms with Crippen LogP contribution in [-0.4, -0.2) is 5.91 Å². The maximum absolute atomic E-state index is 11.6. The minimum Gasteiger partial charge on any atom is -0.326 e. The summed E-state index contributed by atoms with van der Waals surface area (Å²) in [6.45, 7) is 2.11. The Kier molecular flexibility index (Phi) is 4.25. The van der Waals surface area contributed by atoms with Crippen molar-refractivity contribution in [1.82, 2.24) is 0 Å². The quantitative estimate of drug-likeness (QED) is 0.908. The van der Waals surface area contributed by atoms with E-state index in [9.17, 15) is 4.79 Å². The molecule has 3 rings (SSSR count). The maximum atomic E-state index is 11.6. The van der Waals surface area contributed by atoms with Gasteiger partial charge in [-0.05, 0) is 41.5 Å². The van der Waals surface area contributed by atoms with Crippen LogP contribution in [0.25, 0.3) is 0 Å². The van der Waals surface area contributed by atoms with E-state index in [1.165, 1.54) is 16.7 Å². The second-order valence-corrected chi connectivity index (χ2v) is 5.91. The molecule has 0 saturated carbocycles. The lowest BCUT2D eigenvalue weighted by Gasteiger charge is -2.23. The number of amides is 1. The molecule has 3 N–H and O–H groups in total. The molecule has 1 aliphatic rings. The Morgan fingerprint density at radius 2 is 1.95 bits per heavy atom. The normalized spacial score (nSPS) is 15.1. The van der Waals surface area contributed by atoms with Crippen molar-refractivity contribution < 1.29 is 4.79 Å². The summed E-state index contributed by atoms with van der Waals surface area (Å²) in [6.07, 6.45) is 3.09. The number of rotatable bonds is 4. The number of nitrogens with two attached hydrogens (primary N) is 1. The molecule has 22 heavy (non-hydrogen) atoms. The van der Waals surface area contributed by atoms with E-state index >= 15 is 0 Å². The lowest BCUT2D eigenvalue weighted by molar-refractivity contribution is -0.116. The van der Waals surface area contributed by atoms with E-state index in [0.29, 0.717) is 6.42 Å². The zero-order chi connectivity index (χ0) is 15.5. The Balaban J connectivity index is 1.89. The van der Waals surface area contributed by atoms with E-state index in [0.717, 1.165) is 30.5 Å². The van der Waals surface area contributed by atoms with Crippen LogP contribution < -0.4 is 11.1 Å². The van der Waals surface area contributed by atoms with Gasteiger partial charge in [-0.1, -0.05) is 49.4 Å². The highest BCUT2D eigenvalue weighted by Gasteiger charge is 2.20. The van der Waals surface area contributed by atoms with Crippen molar-refractivity contribution in [2.45, 2.75) is 38.6 Å². The fourth-order valence-corrected chi connectivity index (χ4v) is 3.08. The number of aryl methyl sites for hydroxylation is 2. The molecule has 0 saturated heterocycles. The molecule has 1 heterocycles. The van der Waals surface area contributed by atoms with Gasteiger partial charge >= 0.3 is 0 Å². The molecule has 0 aromatic heterocycles. The van der Waals surface area contributed by atoms with E-state index in [-0.39, 0.29) is 11.9 Å². The van der Waals surface area contributed by atoms with Crippen molar-refractivity contribution >= 4 is 11.6 Å². The predicted octanol–water partition coefficient (Wildman–Crippen LogP) is 3.38. The van der Waals surface area contributed by atoms with E-state index in [1.807, 2.05) is 18.2 Å². The van der Waals surface area contributed by atoms with Crippen LogP contribution in [0.5, 0.6) is 0 Å². The fraction of sp³-hybridized carbons (Fsp3) is 0.316. The SMILES string of the molecule is CCc1cc(C(N)Cc2ccccc2)cc2c1NC(=O)CC2. The molecule has 0 bridgehead atoms.